The van der Waals surface area contributed by atoms with E-state index in [2.05, 4.69) is 14.5 Å². The van der Waals surface area contributed by atoms with Gasteiger partial charge in [-0.05, 0) is 25.1 Å². The smallest absolute Gasteiger partial charge is 0.254 e. The van der Waals surface area contributed by atoms with Crippen molar-refractivity contribution in [2.45, 2.75) is 13.5 Å². The molecule has 0 aliphatic carbocycles. The number of amides is 1. The lowest BCUT2D eigenvalue weighted by Crippen LogP contribution is -2.49. The summed E-state index contributed by atoms with van der Waals surface area (Å²) in [7, 11) is 3.98. The van der Waals surface area contributed by atoms with Gasteiger partial charge in [0.1, 0.15) is 5.82 Å². The number of hydrogen-bond acceptors (Lipinski definition) is 4. The topological polar surface area (TPSA) is 44.6 Å². The average molecular weight is 341 g/mol. The van der Waals surface area contributed by atoms with Crippen LogP contribution in [0.4, 0.5) is 5.69 Å². The van der Waals surface area contributed by atoms with Crippen LogP contribution in [0.25, 0.3) is 0 Å². The molecule has 1 saturated heterocycles. The first-order valence-electron chi connectivity index (χ1n) is 8.81. The van der Waals surface area contributed by atoms with Gasteiger partial charge in [0.2, 0.25) is 0 Å². The number of aromatic nitrogens is 2. The van der Waals surface area contributed by atoms with Gasteiger partial charge < -0.3 is 14.4 Å². The highest BCUT2D eigenvalue weighted by atomic mass is 16.2. The molecule has 2 aromatic rings. The zero-order valence-electron chi connectivity index (χ0n) is 15.4. The van der Waals surface area contributed by atoms with Crippen molar-refractivity contribution in [3.63, 3.8) is 0 Å². The fraction of sp³-hybridized carbons (Fsp3) is 0.474. The number of aryl methyl sites for hydroxylation is 1. The lowest BCUT2D eigenvalue weighted by atomic mass is 10.1. The minimum atomic E-state index is 0.133. The third-order valence-electron chi connectivity index (χ3n) is 4.85. The standard InChI is InChI=1S/C19H27N5O/c1-16-20-7-8-23(16)12-9-22-10-13-24(14-11-22)19(25)17-5-4-6-18(15-17)21(2)3/h4-8,15H,9-14H2,1-3H3. The van der Waals surface area contributed by atoms with Crippen LogP contribution >= 0.6 is 0 Å². The van der Waals surface area contributed by atoms with E-state index in [0.717, 1.165) is 56.3 Å². The molecule has 1 aromatic carbocycles. The summed E-state index contributed by atoms with van der Waals surface area (Å²) in [6, 6.07) is 7.85. The van der Waals surface area contributed by atoms with Crippen molar-refractivity contribution in [2.75, 3.05) is 51.7 Å². The molecule has 25 heavy (non-hydrogen) atoms. The van der Waals surface area contributed by atoms with Gasteiger partial charge in [-0.1, -0.05) is 6.07 Å². The number of carbonyl (C=O) groups is 1. The van der Waals surface area contributed by atoms with Crippen LogP contribution in [-0.4, -0.2) is 72.1 Å². The molecule has 3 rings (SSSR count). The summed E-state index contributed by atoms with van der Waals surface area (Å²) in [5.74, 6) is 1.18. The molecule has 1 aliphatic rings. The van der Waals surface area contributed by atoms with Gasteiger partial charge in [0, 0.05) is 77.0 Å². The Kier molecular flexibility index (Phi) is 5.38. The van der Waals surface area contributed by atoms with Crippen molar-refractivity contribution in [2.24, 2.45) is 0 Å². The summed E-state index contributed by atoms with van der Waals surface area (Å²) in [4.78, 5) is 23.4. The molecule has 0 unspecified atom stereocenters. The van der Waals surface area contributed by atoms with Crippen LogP contribution < -0.4 is 4.90 Å². The Morgan fingerprint density at radius 2 is 1.92 bits per heavy atom. The third-order valence-corrected chi connectivity index (χ3v) is 4.85. The van der Waals surface area contributed by atoms with Gasteiger partial charge in [-0.25, -0.2) is 4.98 Å². The molecule has 6 nitrogen and oxygen atoms in total. The Bertz CT molecular complexity index is 716. The van der Waals surface area contributed by atoms with Gasteiger partial charge in [-0.15, -0.1) is 0 Å². The van der Waals surface area contributed by atoms with Crippen LogP contribution in [0.15, 0.2) is 36.7 Å². The summed E-state index contributed by atoms with van der Waals surface area (Å²) in [5.41, 5.74) is 1.83. The molecule has 0 spiro atoms. The van der Waals surface area contributed by atoms with Crippen LogP contribution in [-0.2, 0) is 6.54 Å². The number of imidazole rings is 1. The van der Waals surface area contributed by atoms with Gasteiger partial charge in [0.25, 0.3) is 5.91 Å². The number of anilines is 1. The van der Waals surface area contributed by atoms with E-state index in [4.69, 9.17) is 0 Å². The van der Waals surface area contributed by atoms with Crippen molar-refractivity contribution in [3.05, 3.63) is 48.0 Å². The van der Waals surface area contributed by atoms with Gasteiger partial charge in [-0.2, -0.15) is 0 Å². The normalized spacial score (nSPS) is 15.4. The lowest BCUT2D eigenvalue weighted by Gasteiger charge is -2.35. The average Bonchev–Trinajstić information content (AvgIpc) is 3.05. The van der Waals surface area contributed by atoms with Crippen molar-refractivity contribution < 1.29 is 4.79 Å². The first-order valence-corrected chi connectivity index (χ1v) is 8.81. The predicted octanol–water partition coefficient (Wildman–Crippen LogP) is 1.72. The lowest BCUT2D eigenvalue weighted by molar-refractivity contribution is 0.0633. The molecule has 1 aliphatic heterocycles. The minimum Gasteiger partial charge on any atom is -0.378 e. The highest BCUT2D eigenvalue weighted by Gasteiger charge is 2.22. The van der Waals surface area contributed by atoms with E-state index in [1.807, 2.05) is 67.5 Å². The van der Waals surface area contributed by atoms with E-state index < -0.39 is 0 Å². The zero-order chi connectivity index (χ0) is 17.8. The van der Waals surface area contributed by atoms with Crippen LogP contribution in [0.1, 0.15) is 16.2 Å². The maximum Gasteiger partial charge on any atom is 0.254 e. The fourth-order valence-electron chi connectivity index (χ4n) is 3.16. The third kappa shape index (κ3) is 4.20. The maximum absolute atomic E-state index is 12.7. The summed E-state index contributed by atoms with van der Waals surface area (Å²) < 4.78 is 2.17. The highest BCUT2D eigenvalue weighted by Crippen LogP contribution is 2.16. The Balaban J connectivity index is 1.52. The number of piperazine rings is 1. The molecule has 0 bridgehead atoms. The van der Waals surface area contributed by atoms with E-state index in [0.29, 0.717) is 0 Å². The van der Waals surface area contributed by atoms with Crippen molar-refractivity contribution in [3.8, 4) is 0 Å². The molecule has 0 radical (unpaired) electrons. The summed E-state index contributed by atoms with van der Waals surface area (Å²) in [6.07, 6.45) is 3.86. The Labute approximate surface area is 149 Å². The number of carbonyl (C=O) groups excluding carboxylic acids is 1. The largest absolute Gasteiger partial charge is 0.378 e. The van der Waals surface area contributed by atoms with Gasteiger partial charge in [-0.3, -0.25) is 9.69 Å². The summed E-state index contributed by atoms with van der Waals surface area (Å²) in [5, 5.41) is 0. The van der Waals surface area contributed by atoms with E-state index in [-0.39, 0.29) is 5.91 Å². The quantitative estimate of drug-likeness (QED) is 0.831. The summed E-state index contributed by atoms with van der Waals surface area (Å²) >= 11 is 0. The number of hydrogen-bond donors (Lipinski definition) is 0. The van der Waals surface area contributed by atoms with Gasteiger partial charge in [0.05, 0.1) is 0 Å². The molecular weight excluding hydrogens is 314 g/mol. The SMILES string of the molecule is Cc1nccn1CCN1CCN(C(=O)c2cccc(N(C)C)c2)CC1. The first-order chi connectivity index (χ1) is 12.0. The number of nitrogens with zero attached hydrogens (tertiary/aromatic N) is 5. The minimum absolute atomic E-state index is 0.133. The monoisotopic (exact) mass is 341 g/mol. The summed E-state index contributed by atoms with van der Waals surface area (Å²) in [6.45, 7) is 7.39. The molecule has 1 amide bonds. The van der Waals surface area contributed by atoms with Crippen molar-refractivity contribution in [1.29, 1.82) is 0 Å². The molecule has 0 saturated carbocycles. The Morgan fingerprint density at radius 3 is 2.56 bits per heavy atom. The molecule has 2 heterocycles. The fourth-order valence-corrected chi connectivity index (χ4v) is 3.16. The maximum atomic E-state index is 12.7. The molecule has 0 N–H and O–H groups in total. The molecule has 1 aromatic heterocycles. The molecule has 1 fully saturated rings. The van der Waals surface area contributed by atoms with Gasteiger partial charge in [0.15, 0.2) is 0 Å². The highest BCUT2D eigenvalue weighted by molar-refractivity contribution is 5.95. The first kappa shape index (κ1) is 17.5. The molecular formula is C19H27N5O. The van der Waals surface area contributed by atoms with E-state index in [9.17, 15) is 4.79 Å². The van der Waals surface area contributed by atoms with E-state index in [1.165, 1.54) is 0 Å². The van der Waals surface area contributed by atoms with Crippen LogP contribution in [0, 0.1) is 6.92 Å². The number of rotatable bonds is 5. The molecule has 134 valence electrons. The predicted molar refractivity (Wildman–Crippen MR) is 100 cm³/mol. The van der Waals surface area contributed by atoms with Gasteiger partial charge >= 0.3 is 0 Å². The Morgan fingerprint density at radius 1 is 1.16 bits per heavy atom. The van der Waals surface area contributed by atoms with Crippen LogP contribution in [0.3, 0.4) is 0 Å². The van der Waals surface area contributed by atoms with Crippen LogP contribution in [0.2, 0.25) is 0 Å². The second-order valence-corrected chi connectivity index (χ2v) is 6.75. The molecule has 0 atom stereocenters. The second-order valence-electron chi connectivity index (χ2n) is 6.75. The second kappa shape index (κ2) is 7.70. The van der Waals surface area contributed by atoms with E-state index >= 15 is 0 Å². The Hall–Kier alpha value is -2.34. The van der Waals surface area contributed by atoms with E-state index in [1.54, 1.807) is 0 Å². The van der Waals surface area contributed by atoms with Crippen molar-refractivity contribution >= 4 is 11.6 Å². The molecule has 6 heteroatoms. The zero-order valence-corrected chi connectivity index (χ0v) is 15.4. The number of benzene rings is 1. The van der Waals surface area contributed by atoms with Crippen LogP contribution in [0.5, 0.6) is 0 Å². The van der Waals surface area contributed by atoms with Crippen molar-refractivity contribution in [1.82, 2.24) is 19.4 Å².